The number of ether oxygens (including phenoxy) is 1. The molecule has 0 aromatic heterocycles. The molecular formula is C29H41N7O4. The fourth-order valence-electron chi connectivity index (χ4n) is 4.77. The van der Waals surface area contributed by atoms with Crippen molar-refractivity contribution < 1.29 is 19.1 Å². The number of primary amides is 1. The lowest BCUT2D eigenvalue weighted by Crippen LogP contribution is -2.50. The van der Waals surface area contributed by atoms with E-state index in [1.165, 1.54) is 18.6 Å². The molecule has 11 nitrogen and oxygen atoms in total. The number of anilines is 1. The second-order valence-electron chi connectivity index (χ2n) is 10.2. The molecule has 0 heterocycles. The highest BCUT2D eigenvalue weighted by Gasteiger charge is 2.28. The van der Waals surface area contributed by atoms with E-state index in [-0.39, 0.29) is 24.0 Å². The lowest BCUT2D eigenvalue weighted by atomic mass is 9.84. The van der Waals surface area contributed by atoms with Crippen LogP contribution in [0.5, 0.6) is 5.75 Å². The average Bonchev–Trinajstić information content (AvgIpc) is 2.95. The van der Waals surface area contributed by atoms with Gasteiger partial charge in [-0.15, -0.1) is 0 Å². The standard InChI is InChI=1S/C29H41N7O4/c30-22(12-7-15-34-29(32)33)27(38)36-24(16-19-8-3-1-4-9-19)28(39)35-23-14-13-21(26(31)37)17-25(23)40-18-20-10-5-2-6-11-20/h2,5-6,10-11,13-14,17,19,22,24H,1,3-4,7-9,12,15-16,18,30H2,(H2,31,37)(H,35,39)(H,36,38)(H4,32,33,34)/t22-,24-/m0/s1. The van der Waals surface area contributed by atoms with Crippen molar-refractivity contribution in [3.8, 4) is 5.75 Å². The fraction of sp³-hybridized carbons (Fsp3) is 0.448. The maximum absolute atomic E-state index is 13.6. The number of nitrogens with one attached hydrogen (secondary N) is 2. The number of nitrogens with two attached hydrogens (primary N) is 4. The van der Waals surface area contributed by atoms with Gasteiger partial charge < -0.3 is 38.3 Å². The summed E-state index contributed by atoms with van der Waals surface area (Å²) in [5, 5.41) is 5.76. The van der Waals surface area contributed by atoms with Gasteiger partial charge in [-0.25, -0.2) is 0 Å². The Balaban J connectivity index is 1.74. The number of amides is 3. The fourth-order valence-corrected chi connectivity index (χ4v) is 4.77. The second kappa shape index (κ2) is 15.5. The van der Waals surface area contributed by atoms with Gasteiger partial charge in [-0.05, 0) is 48.9 Å². The Morgan fingerprint density at radius 1 is 0.975 bits per heavy atom. The maximum atomic E-state index is 13.6. The van der Waals surface area contributed by atoms with Gasteiger partial charge >= 0.3 is 0 Å². The second-order valence-corrected chi connectivity index (χ2v) is 10.2. The quantitative estimate of drug-likeness (QED) is 0.117. The van der Waals surface area contributed by atoms with Gasteiger partial charge in [-0.3, -0.25) is 19.4 Å². The van der Waals surface area contributed by atoms with Crippen LogP contribution in [-0.2, 0) is 16.2 Å². The molecule has 1 aliphatic rings. The van der Waals surface area contributed by atoms with Crippen molar-refractivity contribution in [3.05, 3.63) is 59.7 Å². The molecule has 2 aromatic carbocycles. The van der Waals surface area contributed by atoms with Crippen LogP contribution < -0.4 is 38.3 Å². The van der Waals surface area contributed by atoms with Gasteiger partial charge in [-0.1, -0.05) is 62.4 Å². The van der Waals surface area contributed by atoms with Crippen molar-refractivity contribution in [2.45, 2.75) is 70.1 Å². The summed E-state index contributed by atoms with van der Waals surface area (Å²) in [5.74, 6) is -0.813. The summed E-state index contributed by atoms with van der Waals surface area (Å²) in [4.78, 5) is 42.2. The number of hydrogen-bond donors (Lipinski definition) is 6. The van der Waals surface area contributed by atoms with Gasteiger partial charge in [0.2, 0.25) is 17.7 Å². The molecule has 1 fully saturated rings. The number of guanidine groups is 1. The summed E-state index contributed by atoms with van der Waals surface area (Å²) in [5.41, 5.74) is 23.8. The molecule has 0 bridgehead atoms. The van der Waals surface area contributed by atoms with Crippen LogP contribution in [0.15, 0.2) is 53.5 Å². The van der Waals surface area contributed by atoms with Gasteiger partial charge in [-0.2, -0.15) is 0 Å². The van der Waals surface area contributed by atoms with Crippen molar-refractivity contribution in [1.29, 1.82) is 0 Å². The number of benzene rings is 2. The Labute approximate surface area is 235 Å². The molecule has 1 saturated carbocycles. The summed E-state index contributed by atoms with van der Waals surface area (Å²) in [6, 6.07) is 12.5. The van der Waals surface area contributed by atoms with Gasteiger partial charge in [0.15, 0.2) is 5.96 Å². The van der Waals surface area contributed by atoms with Crippen LogP contribution in [0.1, 0.15) is 67.3 Å². The van der Waals surface area contributed by atoms with E-state index in [0.717, 1.165) is 31.2 Å². The van der Waals surface area contributed by atoms with Crippen LogP contribution in [0.2, 0.25) is 0 Å². The highest BCUT2D eigenvalue weighted by atomic mass is 16.5. The molecule has 0 saturated heterocycles. The number of aliphatic imine (C=N–C) groups is 1. The van der Waals surface area contributed by atoms with E-state index in [9.17, 15) is 14.4 Å². The molecule has 0 aliphatic heterocycles. The van der Waals surface area contributed by atoms with E-state index >= 15 is 0 Å². The summed E-state index contributed by atoms with van der Waals surface area (Å²) < 4.78 is 5.98. The Morgan fingerprint density at radius 2 is 1.70 bits per heavy atom. The minimum atomic E-state index is -0.810. The van der Waals surface area contributed by atoms with Crippen LogP contribution >= 0.6 is 0 Å². The number of carbonyl (C=O) groups excluding carboxylic acids is 3. The summed E-state index contributed by atoms with van der Waals surface area (Å²) >= 11 is 0. The molecular weight excluding hydrogens is 510 g/mol. The predicted molar refractivity (Wildman–Crippen MR) is 155 cm³/mol. The minimum absolute atomic E-state index is 0.0155. The highest BCUT2D eigenvalue weighted by molar-refractivity contribution is 6.00. The van der Waals surface area contributed by atoms with Gasteiger partial charge in [0.05, 0.1) is 11.7 Å². The Morgan fingerprint density at radius 3 is 2.38 bits per heavy atom. The third-order valence-corrected chi connectivity index (χ3v) is 6.99. The van der Waals surface area contributed by atoms with E-state index in [1.54, 1.807) is 6.07 Å². The molecule has 2 aromatic rings. The van der Waals surface area contributed by atoms with Crippen LogP contribution in [0.4, 0.5) is 5.69 Å². The van der Waals surface area contributed by atoms with Gasteiger partial charge in [0, 0.05) is 12.1 Å². The van der Waals surface area contributed by atoms with Crippen molar-refractivity contribution in [2.24, 2.45) is 33.8 Å². The lowest BCUT2D eigenvalue weighted by Gasteiger charge is -2.27. The number of hydrogen-bond acceptors (Lipinski definition) is 6. The minimum Gasteiger partial charge on any atom is -0.487 e. The van der Waals surface area contributed by atoms with Gasteiger partial charge in [0.1, 0.15) is 18.4 Å². The zero-order valence-electron chi connectivity index (χ0n) is 22.8. The Kier molecular flexibility index (Phi) is 11.8. The SMILES string of the molecule is NC(=O)c1ccc(NC(=O)[C@H](CC2CCCCC2)NC(=O)[C@@H](N)CCCN=C(N)N)c(OCc2ccccc2)c1. The molecule has 0 spiro atoms. The largest absolute Gasteiger partial charge is 0.487 e. The molecule has 216 valence electrons. The van der Waals surface area contributed by atoms with Crippen molar-refractivity contribution >= 4 is 29.4 Å². The third-order valence-electron chi connectivity index (χ3n) is 6.99. The first-order chi connectivity index (χ1) is 19.2. The Bertz CT molecular complexity index is 1160. The first-order valence-electron chi connectivity index (χ1n) is 13.8. The summed E-state index contributed by atoms with van der Waals surface area (Å²) in [6.07, 6.45) is 6.78. The van der Waals surface area contributed by atoms with E-state index in [4.69, 9.17) is 27.7 Å². The average molecular weight is 552 g/mol. The Hall–Kier alpha value is -4.12. The molecule has 2 atom stereocenters. The van der Waals surface area contributed by atoms with E-state index in [2.05, 4.69) is 15.6 Å². The number of carbonyl (C=O) groups is 3. The molecule has 0 radical (unpaired) electrons. The van der Waals surface area contributed by atoms with Crippen LogP contribution in [0.25, 0.3) is 0 Å². The normalized spacial score (nSPS) is 14.9. The number of nitrogens with zero attached hydrogens (tertiary/aromatic N) is 1. The smallest absolute Gasteiger partial charge is 0.248 e. The molecule has 11 heteroatoms. The topological polar surface area (TPSA) is 201 Å². The monoisotopic (exact) mass is 551 g/mol. The zero-order valence-corrected chi connectivity index (χ0v) is 22.8. The molecule has 40 heavy (non-hydrogen) atoms. The van der Waals surface area contributed by atoms with Gasteiger partial charge in [0.25, 0.3) is 0 Å². The van der Waals surface area contributed by atoms with E-state index in [0.29, 0.717) is 43.2 Å². The molecule has 1 aliphatic carbocycles. The molecule has 3 rings (SSSR count). The molecule has 3 amide bonds. The van der Waals surface area contributed by atoms with Crippen molar-refractivity contribution in [2.75, 3.05) is 11.9 Å². The van der Waals surface area contributed by atoms with Crippen molar-refractivity contribution in [1.82, 2.24) is 5.32 Å². The first-order valence-corrected chi connectivity index (χ1v) is 13.8. The highest BCUT2D eigenvalue weighted by Crippen LogP contribution is 2.30. The van der Waals surface area contributed by atoms with Crippen LogP contribution in [0, 0.1) is 5.92 Å². The molecule has 0 unspecified atom stereocenters. The molecule has 10 N–H and O–H groups in total. The predicted octanol–water partition coefficient (Wildman–Crippen LogP) is 2.14. The van der Waals surface area contributed by atoms with E-state index < -0.39 is 23.9 Å². The first kappa shape index (κ1) is 30.4. The van der Waals surface area contributed by atoms with E-state index in [1.807, 2.05) is 30.3 Å². The zero-order chi connectivity index (χ0) is 28.9. The van der Waals surface area contributed by atoms with Crippen molar-refractivity contribution in [3.63, 3.8) is 0 Å². The lowest BCUT2D eigenvalue weighted by molar-refractivity contribution is -0.127. The maximum Gasteiger partial charge on any atom is 0.248 e. The van der Waals surface area contributed by atoms with Crippen LogP contribution in [0.3, 0.4) is 0 Å². The number of rotatable bonds is 14. The third kappa shape index (κ3) is 9.88. The summed E-state index contributed by atoms with van der Waals surface area (Å²) in [7, 11) is 0. The van der Waals surface area contributed by atoms with Crippen LogP contribution in [-0.4, -0.2) is 42.3 Å². The summed E-state index contributed by atoms with van der Waals surface area (Å²) in [6.45, 7) is 0.589.